The third-order valence-corrected chi connectivity index (χ3v) is 3.71. The highest BCUT2D eigenvalue weighted by molar-refractivity contribution is 9.10. The molecule has 1 heterocycles. The van der Waals surface area contributed by atoms with Gasteiger partial charge in [-0.1, -0.05) is 40.2 Å². The smallest absolute Gasteiger partial charge is 0.354 e. The average Bonchev–Trinajstić information content (AvgIpc) is 2.45. The van der Waals surface area contributed by atoms with Gasteiger partial charge in [0, 0.05) is 17.1 Å². The molecule has 2 rings (SSSR count). The van der Waals surface area contributed by atoms with Crippen LogP contribution in [0.25, 0.3) is 0 Å². The molecular formula is C15H15BrN2O2. The van der Waals surface area contributed by atoms with E-state index in [4.69, 9.17) is 5.11 Å². The number of aromatic nitrogens is 1. The average molecular weight is 335 g/mol. The molecule has 0 aliphatic carbocycles. The van der Waals surface area contributed by atoms with Crippen molar-refractivity contribution in [3.63, 3.8) is 0 Å². The zero-order valence-electron chi connectivity index (χ0n) is 11.0. The van der Waals surface area contributed by atoms with Crippen LogP contribution in [0.3, 0.4) is 0 Å². The number of halogens is 1. The van der Waals surface area contributed by atoms with Crippen LogP contribution in [0.1, 0.15) is 34.7 Å². The normalized spacial score (nSPS) is 12.1. The summed E-state index contributed by atoms with van der Waals surface area (Å²) < 4.78 is 1.05. The van der Waals surface area contributed by atoms with Gasteiger partial charge in [0.25, 0.3) is 0 Å². The fourth-order valence-corrected chi connectivity index (χ4v) is 2.52. The number of nitrogens with one attached hydrogen (secondary N) is 1. The zero-order valence-corrected chi connectivity index (χ0v) is 12.6. The van der Waals surface area contributed by atoms with Crippen molar-refractivity contribution in [3.8, 4) is 0 Å². The Morgan fingerprint density at radius 1 is 1.30 bits per heavy atom. The van der Waals surface area contributed by atoms with E-state index < -0.39 is 5.97 Å². The fourth-order valence-electron chi connectivity index (χ4n) is 1.89. The Kier molecular flexibility index (Phi) is 4.87. The van der Waals surface area contributed by atoms with Crippen molar-refractivity contribution >= 4 is 21.9 Å². The van der Waals surface area contributed by atoms with Crippen molar-refractivity contribution in [1.29, 1.82) is 0 Å². The number of aromatic carboxylic acids is 1. The van der Waals surface area contributed by atoms with Crippen LogP contribution < -0.4 is 5.32 Å². The molecule has 0 unspecified atom stereocenters. The number of carboxylic acid groups (broad SMARTS) is 1. The Morgan fingerprint density at radius 3 is 2.75 bits per heavy atom. The molecule has 0 amide bonds. The van der Waals surface area contributed by atoms with Crippen LogP contribution in [0.2, 0.25) is 0 Å². The minimum absolute atomic E-state index is 0.0674. The Hall–Kier alpha value is -1.72. The largest absolute Gasteiger partial charge is 0.477 e. The molecule has 1 atom stereocenters. The highest BCUT2D eigenvalue weighted by atomic mass is 79.9. The Bertz CT molecular complexity index is 616. The van der Waals surface area contributed by atoms with E-state index in [0.29, 0.717) is 12.2 Å². The number of carboxylic acids is 1. The molecule has 1 aromatic carbocycles. The van der Waals surface area contributed by atoms with Gasteiger partial charge in [-0.3, -0.25) is 0 Å². The maximum Gasteiger partial charge on any atom is 0.354 e. The van der Waals surface area contributed by atoms with E-state index in [9.17, 15) is 4.79 Å². The van der Waals surface area contributed by atoms with Gasteiger partial charge < -0.3 is 10.4 Å². The highest BCUT2D eigenvalue weighted by Gasteiger charge is 2.09. The third-order valence-electron chi connectivity index (χ3n) is 2.99. The molecule has 0 fully saturated rings. The second kappa shape index (κ2) is 6.63. The van der Waals surface area contributed by atoms with Crippen LogP contribution >= 0.6 is 15.9 Å². The summed E-state index contributed by atoms with van der Waals surface area (Å²) >= 11 is 3.52. The van der Waals surface area contributed by atoms with Gasteiger partial charge in [-0.15, -0.1) is 0 Å². The molecule has 0 spiro atoms. The molecule has 2 N–H and O–H groups in total. The summed E-state index contributed by atoms with van der Waals surface area (Å²) in [5.41, 5.74) is 1.93. The van der Waals surface area contributed by atoms with Crippen molar-refractivity contribution < 1.29 is 9.90 Å². The first-order chi connectivity index (χ1) is 9.58. The van der Waals surface area contributed by atoms with Crippen LogP contribution in [0.15, 0.2) is 46.9 Å². The van der Waals surface area contributed by atoms with E-state index in [1.807, 2.05) is 30.3 Å². The molecule has 0 radical (unpaired) electrons. The van der Waals surface area contributed by atoms with Crippen molar-refractivity contribution in [2.45, 2.75) is 19.5 Å². The quantitative estimate of drug-likeness (QED) is 0.879. The van der Waals surface area contributed by atoms with Gasteiger partial charge >= 0.3 is 5.97 Å². The van der Waals surface area contributed by atoms with E-state index in [1.54, 1.807) is 6.07 Å². The van der Waals surface area contributed by atoms with Gasteiger partial charge in [0.1, 0.15) is 5.69 Å². The SMILES string of the molecule is C[C@H](NCc1cccc(C(=O)O)n1)c1ccccc1Br. The maximum atomic E-state index is 10.9. The van der Waals surface area contributed by atoms with Gasteiger partial charge in [0.05, 0.1) is 5.69 Å². The summed E-state index contributed by atoms with van der Waals surface area (Å²) in [6.07, 6.45) is 0. The number of hydrogen-bond donors (Lipinski definition) is 2. The van der Waals surface area contributed by atoms with E-state index in [-0.39, 0.29) is 11.7 Å². The topological polar surface area (TPSA) is 62.2 Å². The molecule has 5 heteroatoms. The van der Waals surface area contributed by atoms with Crippen LogP contribution in [0, 0.1) is 0 Å². The molecule has 0 saturated heterocycles. The number of nitrogens with zero attached hydrogens (tertiary/aromatic N) is 1. The Labute approximate surface area is 126 Å². The summed E-state index contributed by atoms with van der Waals surface area (Å²) in [7, 11) is 0. The van der Waals surface area contributed by atoms with Crippen molar-refractivity contribution in [1.82, 2.24) is 10.3 Å². The molecule has 0 saturated carbocycles. The predicted octanol–water partition coefficient (Wildman–Crippen LogP) is 3.39. The number of pyridine rings is 1. The lowest BCUT2D eigenvalue weighted by Crippen LogP contribution is -2.19. The minimum Gasteiger partial charge on any atom is -0.477 e. The monoisotopic (exact) mass is 334 g/mol. The van der Waals surface area contributed by atoms with Gasteiger partial charge in [-0.2, -0.15) is 0 Å². The summed E-state index contributed by atoms with van der Waals surface area (Å²) in [6, 6.07) is 13.1. The number of rotatable bonds is 5. The Balaban J connectivity index is 2.04. The third kappa shape index (κ3) is 3.65. The molecule has 2 aromatic rings. The molecule has 20 heavy (non-hydrogen) atoms. The van der Waals surface area contributed by atoms with Gasteiger partial charge in [0.15, 0.2) is 0 Å². The number of benzene rings is 1. The van der Waals surface area contributed by atoms with Gasteiger partial charge in [-0.05, 0) is 30.7 Å². The van der Waals surface area contributed by atoms with Crippen LogP contribution in [0.5, 0.6) is 0 Å². The molecule has 0 aliphatic rings. The predicted molar refractivity (Wildman–Crippen MR) is 80.6 cm³/mol. The van der Waals surface area contributed by atoms with E-state index in [0.717, 1.165) is 10.0 Å². The summed E-state index contributed by atoms with van der Waals surface area (Å²) in [6.45, 7) is 2.57. The molecule has 104 valence electrons. The Morgan fingerprint density at radius 2 is 2.05 bits per heavy atom. The first-order valence-corrected chi connectivity index (χ1v) is 7.04. The molecule has 4 nitrogen and oxygen atoms in total. The van der Waals surface area contributed by atoms with Crippen LogP contribution in [0.4, 0.5) is 0 Å². The number of hydrogen-bond acceptors (Lipinski definition) is 3. The van der Waals surface area contributed by atoms with E-state index in [1.165, 1.54) is 6.07 Å². The fraction of sp³-hybridized carbons (Fsp3) is 0.200. The van der Waals surface area contributed by atoms with E-state index >= 15 is 0 Å². The maximum absolute atomic E-state index is 10.9. The van der Waals surface area contributed by atoms with Gasteiger partial charge in [-0.25, -0.2) is 9.78 Å². The van der Waals surface area contributed by atoms with Crippen LogP contribution in [-0.4, -0.2) is 16.1 Å². The highest BCUT2D eigenvalue weighted by Crippen LogP contribution is 2.22. The van der Waals surface area contributed by atoms with Crippen LogP contribution in [-0.2, 0) is 6.54 Å². The first kappa shape index (κ1) is 14.7. The lowest BCUT2D eigenvalue weighted by Gasteiger charge is -2.15. The summed E-state index contributed by atoms with van der Waals surface area (Å²) in [4.78, 5) is 15.0. The zero-order chi connectivity index (χ0) is 14.5. The summed E-state index contributed by atoms with van der Waals surface area (Å²) in [5.74, 6) is -1.01. The second-order valence-corrected chi connectivity index (χ2v) is 5.30. The summed E-state index contributed by atoms with van der Waals surface area (Å²) in [5, 5.41) is 12.2. The molecule has 0 bridgehead atoms. The molecule has 0 aliphatic heterocycles. The molecule has 1 aromatic heterocycles. The lowest BCUT2D eigenvalue weighted by atomic mass is 10.1. The standard InChI is InChI=1S/C15H15BrN2O2/c1-10(12-6-2-3-7-13(12)16)17-9-11-5-4-8-14(18-11)15(19)20/h2-8,10,17H,9H2,1H3,(H,19,20)/t10-/m0/s1. The van der Waals surface area contributed by atoms with Crippen molar-refractivity contribution in [2.75, 3.05) is 0 Å². The van der Waals surface area contributed by atoms with Crippen molar-refractivity contribution in [3.05, 3.63) is 63.9 Å². The second-order valence-electron chi connectivity index (χ2n) is 4.44. The lowest BCUT2D eigenvalue weighted by molar-refractivity contribution is 0.0690. The molecular weight excluding hydrogens is 320 g/mol. The van der Waals surface area contributed by atoms with Gasteiger partial charge in [0.2, 0.25) is 0 Å². The van der Waals surface area contributed by atoms with E-state index in [2.05, 4.69) is 33.2 Å². The van der Waals surface area contributed by atoms with Crippen molar-refractivity contribution in [2.24, 2.45) is 0 Å². The number of carbonyl (C=O) groups is 1. The minimum atomic E-state index is -1.01. The first-order valence-electron chi connectivity index (χ1n) is 6.25.